The standard InChI is InChI=1S/C14H21BrN2O/c1-9(2)13(8-16)14(18)17-10(3)11-5-4-6-12(15)7-11/h4-7,9-10,13H,8,16H2,1-3H3,(H,17,18). The first kappa shape index (κ1) is 15.2. The maximum absolute atomic E-state index is 12.1. The van der Waals surface area contributed by atoms with E-state index in [4.69, 9.17) is 5.73 Å². The Hall–Kier alpha value is -0.870. The number of hydrogen-bond acceptors (Lipinski definition) is 2. The molecule has 2 unspecified atom stereocenters. The second-order valence-electron chi connectivity index (χ2n) is 4.87. The minimum absolute atomic E-state index is 0.0113. The van der Waals surface area contributed by atoms with Crippen LogP contribution >= 0.6 is 15.9 Å². The maximum atomic E-state index is 12.1. The van der Waals surface area contributed by atoms with Crippen molar-refractivity contribution in [3.63, 3.8) is 0 Å². The molecule has 0 bridgehead atoms. The summed E-state index contributed by atoms with van der Waals surface area (Å²) >= 11 is 3.43. The van der Waals surface area contributed by atoms with Crippen LogP contribution in [0.25, 0.3) is 0 Å². The van der Waals surface area contributed by atoms with Crippen molar-refractivity contribution in [2.75, 3.05) is 6.54 Å². The van der Waals surface area contributed by atoms with Crippen molar-refractivity contribution < 1.29 is 4.79 Å². The molecule has 0 saturated carbocycles. The molecule has 0 spiro atoms. The van der Waals surface area contributed by atoms with Crippen LogP contribution in [0.1, 0.15) is 32.4 Å². The number of nitrogens with two attached hydrogens (primary N) is 1. The molecule has 1 amide bonds. The molecule has 2 atom stereocenters. The van der Waals surface area contributed by atoms with Gasteiger partial charge < -0.3 is 11.1 Å². The van der Waals surface area contributed by atoms with Gasteiger partial charge in [-0.15, -0.1) is 0 Å². The fourth-order valence-corrected chi connectivity index (χ4v) is 2.28. The molecule has 0 aliphatic heterocycles. The van der Waals surface area contributed by atoms with Crippen LogP contribution in [0.3, 0.4) is 0 Å². The first-order valence-electron chi connectivity index (χ1n) is 6.21. The molecule has 0 aromatic heterocycles. The Bertz CT molecular complexity index is 407. The van der Waals surface area contributed by atoms with E-state index in [0.717, 1.165) is 10.0 Å². The van der Waals surface area contributed by atoms with Gasteiger partial charge in [-0.05, 0) is 30.5 Å². The minimum atomic E-state index is -0.125. The smallest absolute Gasteiger partial charge is 0.225 e. The topological polar surface area (TPSA) is 55.1 Å². The minimum Gasteiger partial charge on any atom is -0.349 e. The lowest BCUT2D eigenvalue weighted by Crippen LogP contribution is -2.39. The molecule has 0 aliphatic rings. The SMILES string of the molecule is CC(NC(=O)C(CN)C(C)C)c1cccc(Br)c1. The summed E-state index contributed by atoms with van der Waals surface area (Å²) in [6.07, 6.45) is 0. The van der Waals surface area contributed by atoms with E-state index in [1.54, 1.807) is 0 Å². The van der Waals surface area contributed by atoms with Gasteiger partial charge in [0.2, 0.25) is 5.91 Å². The third kappa shape index (κ3) is 4.10. The van der Waals surface area contributed by atoms with E-state index in [0.29, 0.717) is 6.54 Å². The Labute approximate surface area is 117 Å². The molecule has 0 aliphatic carbocycles. The molecule has 100 valence electrons. The molecule has 3 N–H and O–H groups in total. The Morgan fingerprint density at radius 1 is 1.39 bits per heavy atom. The van der Waals surface area contributed by atoms with Gasteiger partial charge in [0.05, 0.1) is 12.0 Å². The van der Waals surface area contributed by atoms with Gasteiger partial charge >= 0.3 is 0 Å². The average Bonchev–Trinajstić information content (AvgIpc) is 2.29. The molecule has 18 heavy (non-hydrogen) atoms. The molecular formula is C14H21BrN2O. The monoisotopic (exact) mass is 312 g/mol. The molecule has 1 aromatic carbocycles. The highest BCUT2D eigenvalue weighted by molar-refractivity contribution is 9.10. The Kier molecular flexibility index (Phi) is 5.82. The van der Waals surface area contributed by atoms with Gasteiger partial charge in [-0.2, -0.15) is 0 Å². The molecule has 0 saturated heterocycles. The van der Waals surface area contributed by atoms with Gasteiger partial charge in [0, 0.05) is 11.0 Å². The number of amides is 1. The maximum Gasteiger partial charge on any atom is 0.225 e. The van der Waals surface area contributed by atoms with Gasteiger partial charge in [-0.3, -0.25) is 4.79 Å². The Morgan fingerprint density at radius 3 is 2.56 bits per heavy atom. The third-order valence-electron chi connectivity index (χ3n) is 3.10. The highest BCUT2D eigenvalue weighted by Gasteiger charge is 2.22. The number of carbonyl (C=O) groups excluding carboxylic acids is 1. The molecule has 0 heterocycles. The number of halogens is 1. The van der Waals surface area contributed by atoms with Crippen LogP contribution in [-0.4, -0.2) is 12.5 Å². The summed E-state index contributed by atoms with van der Waals surface area (Å²) in [6, 6.07) is 7.93. The van der Waals surface area contributed by atoms with E-state index in [1.807, 2.05) is 45.0 Å². The predicted molar refractivity (Wildman–Crippen MR) is 78.1 cm³/mol. The van der Waals surface area contributed by atoms with Crippen LogP contribution in [0.5, 0.6) is 0 Å². The Morgan fingerprint density at radius 2 is 2.06 bits per heavy atom. The first-order chi connectivity index (χ1) is 8.45. The summed E-state index contributed by atoms with van der Waals surface area (Å²) in [4.78, 5) is 12.1. The lowest BCUT2D eigenvalue weighted by Gasteiger charge is -2.22. The summed E-state index contributed by atoms with van der Waals surface area (Å²) < 4.78 is 1.01. The van der Waals surface area contributed by atoms with Crippen molar-refractivity contribution in [3.05, 3.63) is 34.3 Å². The molecule has 1 rings (SSSR count). The second kappa shape index (κ2) is 6.90. The van der Waals surface area contributed by atoms with Crippen molar-refractivity contribution in [2.45, 2.75) is 26.8 Å². The summed E-state index contributed by atoms with van der Waals surface area (Å²) in [6.45, 7) is 6.39. The summed E-state index contributed by atoms with van der Waals surface area (Å²) in [7, 11) is 0. The zero-order valence-electron chi connectivity index (χ0n) is 11.1. The van der Waals surface area contributed by atoms with Crippen LogP contribution < -0.4 is 11.1 Å². The van der Waals surface area contributed by atoms with Crippen LogP contribution in [0.4, 0.5) is 0 Å². The normalized spacial score (nSPS) is 14.3. The van der Waals surface area contributed by atoms with Crippen molar-refractivity contribution in [2.24, 2.45) is 17.6 Å². The lowest BCUT2D eigenvalue weighted by atomic mass is 9.94. The van der Waals surface area contributed by atoms with Crippen molar-refractivity contribution in [3.8, 4) is 0 Å². The lowest BCUT2D eigenvalue weighted by molar-refractivity contribution is -0.126. The first-order valence-corrected chi connectivity index (χ1v) is 7.01. The van der Waals surface area contributed by atoms with Gasteiger partial charge in [0.25, 0.3) is 0 Å². The van der Waals surface area contributed by atoms with E-state index in [1.165, 1.54) is 0 Å². The van der Waals surface area contributed by atoms with E-state index >= 15 is 0 Å². The number of hydrogen-bond donors (Lipinski definition) is 2. The average molecular weight is 313 g/mol. The van der Waals surface area contributed by atoms with Gasteiger partial charge in [0.15, 0.2) is 0 Å². The number of nitrogens with one attached hydrogen (secondary N) is 1. The zero-order valence-corrected chi connectivity index (χ0v) is 12.7. The zero-order chi connectivity index (χ0) is 13.7. The molecule has 3 nitrogen and oxygen atoms in total. The van der Waals surface area contributed by atoms with Gasteiger partial charge in [-0.1, -0.05) is 41.9 Å². The predicted octanol–water partition coefficient (Wildman–Crippen LogP) is 2.86. The third-order valence-corrected chi connectivity index (χ3v) is 3.60. The molecule has 1 aromatic rings. The molecule has 4 heteroatoms. The summed E-state index contributed by atoms with van der Waals surface area (Å²) in [5.74, 6) is 0.157. The van der Waals surface area contributed by atoms with E-state index in [-0.39, 0.29) is 23.8 Å². The van der Waals surface area contributed by atoms with E-state index in [2.05, 4.69) is 21.2 Å². The van der Waals surface area contributed by atoms with Crippen LogP contribution in [0.15, 0.2) is 28.7 Å². The highest BCUT2D eigenvalue weighted by Crippen LogP contribution is 2.19. The second-order valence-corrected chi connectivity index (χ2v) is 5.79. The van der Waals surface area contributed by atoms with Crippen molar-refractivity contribution in [1.82, 2.24) is 5.32 Å². The molecule has 0 radical (unpaired) electrons. The molecule has 0 fully saturated rings. The van der Waals surface area contributed by atoms with Crippen molar-refractivity contribution in [1.29, 1.82) is 0 Å². The molecular weight excluding hydrogens is 292 g/mol. The summed E-state index contributed by atoms with van der Waals surface area (Å²) in [5.41, 5.74) is 6.73. The van der Waals surface area contributed by atoms with E-state index < -0.39 is 0 Å². The van der Waals surface area contributed by atoms with Gasteiger partial charge in [0.1, 0.15) is 0 Å². The van der Waals surface area contributed by atoms with Crippen LogP contribution in [0.2, 0.25) is 0 Å². The Balaban J connectivity index is 2.70. The fraction of sp³-hybridized carbons (Fsp3) is 0.500. The fourth-order valence-electron chi connectivity index (χ4n) is 1.86. The summed E-state index contributed by atoms with van der Waals surface area (Å²) in [5, 5.41) is 3.02. The van der Waals surface area contributed by atoms with E-state index in [9.17, 15) is 4.79 Å². The highest BCUT2D eigenvalue weighted by atomic mass is 79.9. The largest absolute Gasteiger partial charge is 0.349 e. The number of carbonyl (C=O) groups is 1. The number of rotatable bonds is 5. The number of benzene rings is 1. The van der Waals surface area contributed by atoms with Crippen LogP contribution in [0, 0.1) is 11.8 Å². The van der Waals surface area contributed by atoms with Crippen LogP contribution in [-0.2, 0) is 4.79 Å². The van der Waals surface area contributed by atoms with Crippen molar-refractivity contribution >= 4 is 21.8 Å². The van der Waals surface area contributed by atoms with Gasteiger partial charge in [-0.25, -0.2) is 0 Å². The quantitative estimate of drug-likeness (QED) is 0.878.